The highest BCUT2D eigenvalue weighted by Gasteiger charge is 2.31. The van der Waals surface area contributed by atoms with Crippen LogP contribution in [0.15, 0.2) is 115 Å². The van der Waals surface area contributed by atoms with Crippen molar-refractivity contribution in [2.24, 2.45) is 0 Å². The second-order valence-electron chi connectivity index (χ2n) is 7.47. The molecule has 0 amide bonds. The number of fused-ring (bicyclic) bond motifs is 2. The van der Waals surface area contributed by atoms with Crippen LogP contribution in [0.5, 0.6) is 0 Å². The molecule has 4 heteroatoms. The molecule has 152 valence electrons. The van der Waals surface area contributed by atoms with Gasteiger partial charge < -0.3 is 0 Å². The Hall–Kier alpha value is -3.39. The molecule has 3 nitrogen and oxygen atoms in total. The second kappa shape index (κ2) is 8.03. The van der Waals surface area contributed by atoms with Gasteiger partial charge in [-0.25, -0.2) is 9.69 Å². The maximum Gasteiger partial charge on any atom is 0.283 e. The lowest BCUT2D eigenvalue weighted by molar-refractivity contribution is 0.315. The van der Waals surface area contributed by atoms with E-state index in [9.17, 15) is 4.57 Å². The van der Waals surface area contributed by atoms with Crippen LogP contribution in [0.2, 0.25) is 0 Å². The minimum atomic E-state index is -3.38. The molecule has 0 radical (unpaired) electrons. The first-order valence-electron chi connectivity index (χ1n) is 10.2. The van der Waals surface area contributed by atoms with Crippen molar-refractivity contribution in [1.29, 1.82) is 0 Å². The fourth-order valence-electron chi connectivity index (χ4n) is 4.03. The maximum absolute atomic E-state index is 14.4. The molecule has 0 heterocycles. The number of hydrogen-bond acceptors (Lipinski definition) is 3. The standard InChI is InChI=1S/C27H22NO2P/c1-28(27-25-18-10-8-12-21(25)20-22-13-9-11-19-26(22)27)30-31(29,23-14-4-2-5-15-23)24-16-6-3-7-17-24/h2-20H,1H3. The zero-order valence-electron chi connectivity index (χ0n) is 17.2. The van der Waals surface area contributed by atoms with Gasteiger partial charge in [-0.3, -0.25) is 4.57 Å². The van der Waals surface area contributed by atoms with E-state index in [1.54, 1.807) is 5.06 Å². The zero-order chi connectivity index (χ0) is 21.3. The predicted molar refractivity (Wildman–Crippen MR) is 131 cm³/mol. The molecule has 0 aromatic heterocycles. The van der Waals surface area contributed by atoms with Gasteiger partial charge in [-0.1, -0.05) is 84.9 Å². The molecule has 5 aromatic rings. The lowest BCUT2D eigenvalue weighted by Crippen LogP contribution is -2.26. The molecule has 0 aliphatic heterocycles. The van der Waals surface area contributed by atoms with Crippen LogP contribution in [-0.4, -0.2) is 7.05 Å². The van der Waals surface area contributed by atoms with Crippen molar-refractivity contribution >= 4 is 45.2 Å². The van der Waals surface area contributed by atoms with Gasteiger partial charge in [0.1, 0.15) is 0 Å². The van der Waals surface area contributed by atoms with E-state index < -0.39 is 7.37 Å². The third-order valence-corrected chi connectivity index (χ3v) is 7.92. The summed E-state index contributed by atoms with van der Waals surface area (Å²) in [6.45, 7) is 0. The van der Waals surface area contributed by atoms with Gasteiger partial charge >= 0.3 is 0 Å². The number of anilines is 1. The monoisotopic (exact) mass is 423 g/mol. The van der Waals surface area contributed by atoms with Gasteiger partial charge in [0.05, 0.1) is 5.69 Å². The van der Waals surface area contributed by atoms with Crippen LogP contribution in [0.25, 0.3) is 21.5 Å². The van der Waals surface area contributed by atoms with Gasteiger partial charge in [-0.15, -0.1) is 0 Å². The summed E-state index contributed by atoms with van der Waals surface area (Å²) in [4.78, 5) is 0. The smallest absolute Gasteiger partial charge is 0.280 e. The van der Waals surface area contributed by atoms with Crippen molar-refractivity contribution in [2.45, 2.75) is 0 Å². The average molecular weight is 423 g/mol. The number of benzene rings is 5. The van der Waals surface area contributed by atoms with Crippen LogP contribution in [0.4, 0.5) is 5.69 Å². The van der Waals surface area contributed by atoms with Crippen molar-refractivity contribution in [1.82, 2.24) is 0 Å². The van der Waals surface area contributed by atoms with Crippen LogP contribution in [0, 0.1) is 0 Å². The lowest BCUT2D eigenvalue weighted by atomic mass is 10.0. The van der Waals surface area contributed by atoms with E-state index >= 15 is 0 Å². The van der Waals surface area contributed by atoms with E-state index in [1.807, 2.05) is 92.0 Å². The molecule has 0 saturated heterocycles. The fraction of sp³-hybridized carbons (Fsp3) is 0.0370. The molecule has 31 heavy (non-hydrogen) atoms. The number of rotatable bonds is 5. The van der Waals surface area contributed by atoms with E-state index in [4.69, 9.17) is 4.62 Å². The Morgan fingerprint density at radius 3 is 1.52 bits per heavy atom. The lowest BCUT2D eigenvalue weighted by Gasteiger charge is -2.28. The topological polar surface area (TPSA) is 29.5 Å². The third kappa shape index (κ3) is 3.53. The molecule has 0 unspecified atom stereocenters. The fourth-order valence-corrected chi connectivity index (χ4v) is 6.08. The summed E-state index contributed by atoms with van der Waals surface area (Å²) in [5.41, 5.74) is 0.904. The SMILES string of the molecule is CN(OP(=O)(c1ccccc1)c1ccccc1)c1c2ccccc2cc2ccccc12. The molecule has 0 saturated carbocycles. The predicted octanol–water partition coefficient (Wildman–Crippen LogP) is 6.29. The summed E-state index contributed by atoms with van der Waals surface area (Å²) in [5, 5.41) is 7.34. The van der Waals surface area contributed by atoms with Crippen LogP contribution >= 0.6 is 7.37 Å². The van der Waals surface area contributed by atoms with Crippen LogP contribution in [-0.2, 0) is 9.19 Å². The summed E-state index contributed by atoms with van der Waals surface area (Å²) in [7, 11) is -1.54. The molecule has 0 fully saturated rings. The number of hydrogen-bond donors (Lipinski definition) is 0. The second-order valence-corrected chi connectivity index (χ2v) is 9.77. The largest absolute Gasteiger partial charge is 0.283 e. The third-order valence-electron chi connectivity index (χ3n) is 5.49. The Morgan fingerprint density at radius 2 is 1.03 bits per heavy atom. The Labute approximate surface area is 181 Å². The number of nitrogens with zero attached hydrogens (tertiary/aromatic N) is 1. The van der Waals surface area contributed by atoms with Crippen LogP contribution < -0.4 is 15.7 Å². The molecule has 0 atom stereocenters. The first-order valence-corrected chi connectivity index (χ1v) is 11.8. The molecule has 5 aromatic carbocycles. The minimum absolute atomic E-state index is 0.664. The maximum atomic E-state index is 14.4. The van der Waals surface area contributed by atoms with E-state index in [2.05, 4.69) is 30.3 Å². The van der Waals surface area contributed by atoms with E-state index in [1.165, 1.54) is 0 Å². The van der Waals surface area contributed by atoms with Gasteiger partial charge in [0, 0.05) is 28.4 Å². The molecular weight excluding hydrogens is 401 g/mol. The molecular formula is C27H22NO2P. The molecule has 0 aliphatic carbocycles. The van der Waals surface area contributed by atoms with Crippen molar-refractivity contribution < 1.29 is 9.19 Å². The highest BCUT2D eigenvalue weighted by atomic mass is 31.2. The molecule has 5 rings (SSSR count). The Balaban J connectivity index is 1.70. The van der Waals surface area contributed by atoms with Crippen molar-refractivity contribution in [3.63, 3.8) is 0 Å². The van der Waals surface area contributed by atoms with Gasteiger partial charge in [-0.05, 0) is 41.1 Å². The summed E-state index contributed by atoms with van der Waals surface area (Å²) in [5.74, 6) is 0. The first-order chi connectivity index (χ1) is 15.2. The molecule has 0 N–H and O–H groups in total. The Bertz CT molecular complexity index is 1300. The normalized spacial score (nSPS) is 11.6. The zero-order valence-corrected chi connectivity index (χ0v) is 18.1. The Morgan fingerprint density at radius 1 is 0.613 bits per heavy atom. The van der Waals surface area contributed by atoms with E-state index in [0.29, 0.717) is 10.6 Å². The summed E-state index contributed by atoms with van der Waals surface area (Å²) in [6.07, 6.45) is 0. The van der Waals surface area contributed by atoms with Crippen molar-refractivity contribution in [3.8, 4) is 0 Å². The molecule has 0 aliphatic rings. The van der Waals surface area contributed by atoms with E-state index in [0.717, 1.165) is 27.2 Å². The Kier molecular flexibility index (Phi) is 5.07. The highest BCUT2D eigenvalue weighted by molar-refractivity contribution is 7.74. The summed E-state index contributed by atoms with van der Waals surface area (Å²) < 4.78 is 20.8. The van der Waals surface area contributed by atoms with Gasteiger partial charge in [0.15, 0.2) is 0 Å². The van der Waals surface area contributed by atoms with Gasteiger partial charge in [0.25, 0.3) is 7.37 Å². The van der Waals surface area contributed by atoms with Crippen LogP contribution in [0.1, 0.15) is 0 Å². The average Bonchev–Trinajstić information content (AvgIpc) is 2.83. The quantitative estimate of drug-likeness (QED) is 0.189. The summed E-state index contributed by atoms with van der Waals surface area (Å²) >= 11 is 0. The minimum Gasteiger partial charge on any atom is -0.280 e. The number of hydroxylamine groups is 1. The van der Waals surface area contributed by atoms with Gasteiger partial charge in [-0.2, -0.15) is 0 Å². The highest BCUT2D eigenvalue weighted by Crippen LogP contribution is 2.47. The first kappa shape index (κ1) is 19.6. The molecule has 0 bridgehead atoms. The van der Waals surface area contributed by atoms with Crippen LogP contribution in [0.3, 0.4) is 0 Å². The summed E-state index contributed by atoms with van der Waals surface area (Å²) in [6, 6.07) is 37.5. The van der Waals surface area contributed by atoms with Crippen molar-refractivity contribution in [2.75, 3.05) is 12.1 Å². The van der Waals surface area contributed by atoms with Crippen molar-refractivity contribution in [3.05, 3.63) is 115 Å². The molecule has 0 spiro atoms. The van der Waals surface area contributed by atoms with Gasteiger partial charge in [0.2, 0.25) is 0 Å². The van der Waals surface area contributed by atoms with E-state index in [-0.39, 0.29) is 0 Å².